The van der Waals surface area contributed by atoms with Gasteiger partial charge in [0.05, 0.1) is 29.2 Å². The van der Waals surface area contributed by atoms with E-state index in [1.807, 2.05) is 18.2 Å². The van der Waals surface area contributed by atoms with Crippen LogP contribution in [0.2, 0.25) is 0 Å². The third-order valence-electron chi connectivity index (χ3n) is 5.41. The van der Waals surface area contributed by atoms with E-state index in [-0.39, 0.29) is 35.1 Å². The molecule has 1 aliphatic carbocycles. The molecule has 8 heteroatoms. The number of carbonyl (C=O) groups excluding carboxylic acids is 2. The van der Waals surface area contributed by atoms with E-state index in [9.17, 15) is 14.4 Å². The van der Waals surface area contributed by atoms with E-state index in [1.54, 1.807) is 22.5 Å². The Morgan fingerprint density at radius 2 is 2.03 bits per heavy atom. The number of likely N-dealkylation sites (tertiary alicyclic amines) is 1. The van der Waals surface area contributed by atoms with E-state index < -0.39 is 0 Å². The SMILES string of the molecule is CCOC(=O)[C@H]1CCCN(C(=O)CSc2nc3ccccc3c(=O)n2C2CC2)C1. The van der Waals surface area contributed by atoms with Crippen LogP contribution in [0.5, 0.6) is 0 Å². The van der Waals surface area contributed by atoms with Crippen molar-refractivity contribution in [2.75, 3.05) is 25.4 Å². The first-order valence-electron chi connectivity index (χ1n) is 10.2. The Hall–Kier alpha value is -2.35. The molecule has 1 aromatic carbocycles. The fraction of sp³-hybridized carbons (Fsp3) is 0.524. The van der Waals surface area contributed by atoms with Crippen molar-refractivity contribution in [1.82, 2.24) is 14.5 Å². The molecule has 1 atom stereocenters. The van der Waals surface area contributed by atoms with E-state index in [0.717, 1.165) is 25.7 Å². The molecular formula is C21H25N3O4S. The molecule has 1 amide bonds. The highest BCUT2D eigenvalue weighted by molar-refractivity contribution is 7.99. The van der Waals surface area contributed by atoms with Crippen LogP contribution in [0.3, 0.4) is 0 Å². The van der Waals surface area contributed by atoms with Crippen LogP contribution in [0.1, 0.15) is 38.6 Å². The maximum absolute atomic E-state index is 12.9. The molecule has 4 rings (SSSR count). The Labute approximate surface area is 173 Å². The van der Waals surface area contributed by atoms with Crippen molar-refractivity contribution in [2.45, 2.75) is 43.8 Å². The summed E-state index contributed by atoms with van der Waals surface area (Å²) in [5.41, 5.74) is 0.623. The zero-order chi connectivity index (χ0) is 20.4. The minimum Gasteiger partial charge on any atom is -0.466 e. The Balaban J connectivity index is 1.48. The minimum absolute atomic E-state index is 0.0336. The summed E-state index contributed by atoms with van der Waals surface area (Å²) in [5, 5.41) is 1.21. The van der Waals surface area contributed by atoms with Crippen LogP contribution in [0.25, 0.3) is 10.9 Å². The van der Waals surface area contributed by atoms with Gasteiger partial charge in [-0.2, -0.15) is 0 Å². The van der Waals surface area contributed by atoms with Gasteiger partial charge < -0.3 is 9.64 Å². The van der Waals surface area contributed by atoms with E-state index in [1.165, 1.54) is 11.8 Å². The van der Waals surface area contributed by atoms with Crippen molar-refractivity contribution in [3.63, 3.8) is 0 Å². The average molecular weight is 416 g/mol. The monoisotopic (exact) mass is 415 g/mol. The maximum Gasteiger partial charge on any atom is 0.310 e. The fourth-order valence-electron chi connectivity index (χ4n) is 3.76. The number of amides is 1. The van der Waals surface area contributed by atoms with Gasteiger partial charge in [-0.1, -0.05) is 23.9 Å². The molecule has 154 valence electrons. The minimum atomic E-state index is -0.249. The number of piperidine rings is 1. The summed E-state index contributed by atoms with van der Waals surface area (Å²) in [4.78, 5) is 44.1. The van der Waals surface area contributed by atoms with E-state index in [4.69, 9.17) is 4.74 Å². The predicted molar refractivity (Wildman–Crippen MR) is 111 cm³/mol. The number of aromatic nitrogens is 2. The molecule has 29 heavy (non-hydrogen) atoms. The molecule has 1 aromatic heterocycles. The van der Waals surface area contributed by atoms with E-state index in [0.29, 0.717) is 35.8 Å². The molecule has 0 unspecified atom stereocenters. The number of para-hydroxylation sites is 1. The van der Waals surface area contributed by atoms with Crippen LogP contribution in [-0.4, -0.2) is 51.8 Å². The fourth-order valence-corrected chi connectivity index (χ4v) is 4.72. The van der Waals surface area contributed by atoms with Crippen LogP contribution in [0, 0.1) is 5.92 Å². The molecule has 2 aromatic rings. The number of ether oxygens (including phenoxy) is 1. The molecule has 0 bridgehead atoms. The highest BCUT2D eigenvalue weighted by atomic mass is 32.2. The standard InChI is InChI=1S/C21H25N3O4S/c1-2-28-20(27)14-6-5-11-23(12-14)18(25)13-29-21-22-17-8-4-3-7-16(17)19(26)24(21)15-9-10-15/h3-4,7-8,14-15H,2,5-6,9-13H2,1H3/t14-/m0/s1. The number of hydrogen-bond acceptors (Lipinski definition) is 6. The summed E-state index contributed by atoms with van der Waals surface area (Å²) >= 11 is 1.31. The Morgan fingerprint density at radius 1 is 1.24 bits per heavy atom. The molecule has 1 saturated carbocycles. The second-order valence-corrected chi connectivity index (χ2v) is 8.48. The van der Waals surface area contributed by atoms with Crippen LogP contribution < -0.4 is 5.56 Å². The van der Waals surface area contributed by atoms with Crippen LogP contribution >= 0.6 is 11.8 Å². The van der Waals surface area contributed by atoms with Gasteiger partial charge in [-0.15, -0.1) is 0 Å². The van der Waals surface area contributed by atoms with Crippen molar-refractivity contribution in [3.05, 3.63) is 34.6 Å². The number of carbonyl (C=O) groups is 2. The quantitative estimate of drug-likeness (QED) is 0.410. The van der Waals surface area contributed by atoms with Gasteiger partial charge in [0.15, 0.2) is 5.16 Å². The van der Waals surface area contributed by atoms with E-state index >= 15 is 0 Å². The number of hydrogen-bond donors (Lipinski definition) is 0. The summed E-state index contributed by atoms with van der Waals surface area (Å²) < 4.78 is 6.86. The average Bonchev–Trinajstić information content (AvgIpc) is 3.57. The lowest BCUT2D eigenvalue weighted by atomic mass is 9.98. The normalized spacial score (nSPS) is 19.3. The molecule has 2 aliphatic rings. The highest BCUT2D eigenvalue weighted by Crippen LogP contribution is 2.37. The number of benzene rings is 1. The molecule has 2 fully saturated rings. The number of rotatable bonds is 6. The third kappa shape index (κ3) is 4.32. The molecule has 0 spiro atoms. The zero-order valence-corrected chi connectivity index (χ0v) is 17.3. The molecule has 0 radical (unpaired) electrons. The van der Waals surface area contributed by atoms with Crippen LogP contribution in [-0.2, 0) is 14.3 Å². The van der Waals surface area contributed by atoms with Gasteiger partial charge in [-0.3, -0.25) is 19.0 Å². The number of nitrogens with zero attached hydrogens (tertiary/aromatic N) is 3. The maximum atomic E-state index is 12.9. The largest absolute Gasteiger partial charge is 0.466 e. The second-order valence-electron chi connectivity index (χ2n) is 7.54. The summed E-state index contributed by atoms with van der Waals surface area (Å²) in [7, 11) is 0. The topological polar surface area (TPSA) is 81.5 Å². The lowest BCUT2D eigenvalue weighted by Gasteiger charge is -2.31. The molecule has 1 saturated heterocycles. The summed E-state index contributed by atoms with van der Waals surface area (Å²) in [6.45, 7) is 3.19. The van der Waals surface area contributed by atoms with Gasteiger partial charge in [0.1, 0.15) is 0 Å². The van der Waals surface area contributed by atoms with Crippen molar-refractivity contribution in [2.24, 2.45) is 5.92 Å². The molecule has 7 nitrogen and oxygen atoms in total. The van der Waals surface area contributed by atoms with Crippen molar-refractivity contribution in [3.8, 4) is 0 Å². The third-order valence-corrected chi connectivity index (χ3v) is 6.34. The van der Waals surface area contributed by atoms with Crippen LogP contribution in [0.15, 0.2) is 34.2 Å². The molecule has 2 heterocycles. The van der Waals surface area contributed by atoms with Gasteiger partial charge in [0.2, 0.25) is 5.91 Å². The van der Waals surface area contributed by atoms with Crippen molar-refractivity contribution >= 4 is 34.5 Å². The Kier molecular flexibility index (Phi) is 5.89. The smallest absolute Gasteiger partial charge is 0.310 e. The van der Waals surface area contributed by atoms with Gasteiger partial charge >= 0.3 is 5.97 Å². The first kappa shape index (κ1) is 19.9. The van der Waals surface area contributed by atoms with Gasteiger partial charge in [-0.25, -0.2) is 4.98 Å². The van der Waals surface area contributed by atoms with Gasteiger partial charge in [0, 0.05) is 19.1 Å². The number of thioether (sulfide) groups is 1. The zero-order valence-electron chi connectivity index (χ0n) is 16.5. The Morgan fingerprint density at radius 3 is 2.79 bits per heavy atom. The van der Waals surface area contributed by atoms with Gasteiger partial charge in [-0.05, 0) is 44.7 Å². The van der Waals surface area contributed by atoms with Crippen molar-refractivity contribution < 1.29 is 14.3 Å². The lowest BCUT2D eigenvalue weighted by molar-refractivity contribution is -0.151. The first-order chi connectivity index (χ1) is 14.1. The first-order valence-corrected chi connectivity index (χ1v) is 11.2. The highest BCUT2D eigenvalue weighted by Gasteiger charge is 2.31. The summed E-state index contributed by atoms with van der Waals surface area (Å²) in [5.74, 6) is -0.307. The molecule has 0 N–H and O–H groups in total. The van der Waals surface area contributed by atoms with E-state index in [2.05, 4.69) is 4.98 Å². The summed E-state index contributed by atoms with van der Waals surface area (Å²) in [6.07, 6.45) is 3.48. The van der Waals surface area contributed by atoms with Gasteiger partial charge in [0.25, 0.3) is 5.56 Å². The molecular weight excluding hydrogens is 390 g/mol. The van der Waals surface area contributed by atoms with Crippen molar-refractivity contribution in [1.29, 1.82) is 0 Å². The molecule has 1 aliphatic heterocycles. The predicted octanol–water partition coefficient (Wildman–Crippen LogP) is 2.63. The Bertz CT molecular complexity index is 986. The van der Waals surface area contributed by atoms with Crippen LogP contribution in [0.4, 0.5) is 0 Å². The number of fused-ring (bicyclic) bond motifs is 1. The lowest BCUT2D eigenvalue weighted by Crippen LogP contribution is -2.43. The second kappa shape index (κ2) is 8.57. The number of esters is 1. The summed E-state index contributed by atoms with van der Waals surface area (Å²) in [6, 6.07) is 7.51.